The number of benzene rings is 1. The maximum absolute atomic E-state index is 9.37. The minimum atomic E-state index is -0.449. The van der Waals surface area contributed by atoms with E-state index in [-0.39, 0.29) is 5.41 Å². The van der Waals surface area contributed by atoms with Crippen molar-refractivity contribution in [1.82, 2.24) is 0 Å². The van der Waals surface area contributed by atoms with Crippen LogP contribution in [-0.4, -0.2) is 11.7 Å². The van der Waals surface area contributed by atoms with Gasteiger partial charge in [-0.3, -0.25) is 0 Å². The second-order valence-corrected chi connectivity index (χ2v) is 5.19. The van der Waals surface area contributed by atoms with Crippen molar-refractivity contribution < 1.29 is 9.84 Å². The Morgan fingerprint density at radius 2 is 1.94 bits per heavy atom. The van der Waals surface area contributed by atoms with Crippen LogP contribution in [0.5, 0.6) is 5.75 Å². The third kappa shape index (κ3) is 4.77. The van der Waals surface area contributed by atoms with Gasteiger partial charge in [-0.25, -0.2) is 0 Å². The first-order valence-corrected chi connectivity index (χ1v) is 6.27. The van der Waals surface area contributed by atoms with Gasteiger partial charge in [-0.1, -0.05) is 12.1 Å². The Hall–Kier alpha value is -1.53. The standard InChI is InChI=1S/C15H21NO2/c1-12(17)13-5-7-14(8-6-13)18-10-4-9-15(2,3)11-16/h5-8,12,17H,4,9-10H2,1-3H3. The zero-order chi connectivity index (χ0) is 13.6. The molecular weight excluding hydrogens is 226 g/mol. The molecule has 1 aromatic carbocycles. The summed E-state index contributed by atoms with van der Waals surface area (Å²) in [4.78, 5) is 0. The van der Waals surface area contributed by atoms with Crippen molar-refractivity contribution in [3.63, 3.8) is 0 Å². The Kier molecular flexibility index (Phi) is 5.18. The van der Waals surface area contributed by atoms with E-state index in [9.17, 15) is 5.11 Å². The van der Waals surface area contributed by atoms with Crippen LogP contribution >= 0.6 is 0 Å². The predicted octanol–water partition coefficient (Wildman–Crippen LogP) is 3.45. The van der Waals surface area contributed by atoms with E-state index in [1.165, 1.54) is 0 Å². The van der Waals surface area contributed by atoms with E-state index in [0.29, 0.717) is 6.61 Å². The molecule has 1 atom stereocenters. The summed E-state index contributed by atoms with van der Waals surface area (Å²) in [5, 5.41) is 18.3. The van der Waals surface area contributed by atoms with Gasteiger partial charge in [0.25, 0.3) is 0 Å². The molecule has 0 aromatic heterocycles. The monoisotopic (exact) mass is 247 g/mol. The molecule has 0 saturated carbocycles. The summed E-state index contributed by atoms with van der Waals surface area (Å²) in [5.41, 5.74) is 0.604. The number of nitrogens with zero attached hydrogens (tertiary/aromatic N) is 1. The molecule has 1 aromatic rings. The fourth-order valence-electron chi connectivity index (χ4n) is 1.60. The van der Waals surface area contributed by atoms with Gasteiger partial charge in [0.05, 0.1) is 24.2 Å². The smallest absolute Gasteiger partial charge is 0.119 e. The average molecular weight is 247 g/mol. The lowest BCUT2D eigenvalue weighted by Gasteiger charge is -2.15. The molecule has 3 heteroatoms. The molecule has 98 valence electrons. The Labute approximate surface area is 109 Å². The minimum Gasteiger partial charge on any atom is -0.494 e. The third-order valence-corrected chi connectivity index (χ3v) is 2.88. The highest BCUT2D eigenvalue weighted by Gasteiger charge is 2.15. The van der Waals surface area contributed by atoms with E-state index in [2.05, 4.69) is 6.07 Å². The molecule has 0 spiro atoms. The second kappa shape index (κ2) is 6.42. The van der Waals surface area contributed by atoms with Crippen LogP contribution in [0, 0.1) is 16.7 Å². The van der Waals surface area contributed by atoms with E-state index >= 15 is 0 Å². The fourth-order valence-corrected chi connectivity index (χ4v) is 1.60. The summed E-state index contributed by atoms with van der Waals surface area (Å²) in [7, 11) is 0. The van der Waals surface area contributed by atoms with Crippen molar-refractivity contribution in [1.29, 1.82) is 5.26 Å². The van der Waals surface area contributed by atoms with Crippen molar-refractivity contribution in [3.8, 4) is 11.8 Å². The van der Waals surface area contributed by atoms with Crippen LogP contribution in [0.2, 0.25) is 0 Å². The number of rotatable bonds is 6. The summed E-state index contributed by atoms with van der Waals surface area (Å²) in [6.07, 6.45) is 1.24. The molecule has 0 bridgehead atoms. The molecule has 0 aliphatic rings. The summed E-state index contributed by atoms with van der Waals surface area (Å²) in [6.45, 7) is 6.22. The first-order valence-electron chi connectivity index (χ1n) is 6.27. The molecular formula is C15H21NO2. The molecule has 0 saturated heterocycles. The van der Waals surface area contributed by atoms with E-state index in [1.807, 2.05) is 38.1 Å². The van der Waals surface area contributed by atoms with Crippen LogP contribution in [-0.2, 0) is 0 Å². The van der Waals surface area contributed by atoms with Crippen molar-refractivity contribution >= 4 is 0 Å². The summed E-state index contributed by atoms with van der Waals surface area (Å²) >= 11 is 0. The molecule has 0 radical (unpaired) electrons. The maximum atomic E-state index is 9.37. The van der Waals surface area contributed by atoms with Gasteiger partial charge in [0.2, 0.25) is 0 Å². The molecule has 0 fully saturated rings. The molecule has 0 amide bonds. The zero-order valence-corrected chi connectivity index (χ0v) is 11.3. The van der Waals surface area contributed by atoms with Crippen molar-refractivity contribution in [3.05, 3.63) is 29.8 Å². The van der Waals surface area contributed by atoms with Crippen LogP contribution < -0.4 is 4.74 Å². The molecule has 0 aliphatic carbocycles. The van der Waals surface area contributed by atoms with E-state index in [4.69, 9.17) is 10.00 Å². The summed E-state index contributed by atoms with van der Waals surface area (Å²) < 4.78 is 5.59. The molecule has 3 nitrogen and oxygen atoms in total. The summed E-state index contributed by atoms with van der Waals surface area (Å²) in [6, 6.07) is 9.71. The van der Waals surface area contributed by atoms with Crippen LogP contribution in [0.1, 0.15) is 45.3 Å². The van der Waals surface area contributed by atoms with Crippen LogP contribution in [0.25, 0.3) is 0 Å². The Morgan fingerprint density at radius 1 is 1.33 bits per heavy atom. The lowest BCUT2D eigenvalue weighted by atomic mass is 9.90. The number of hydrogen-bond donors (Lipinski definition) is 1. The Balaban J connectivity index is 2.34. The lowest BCUT2D eigenvalue weighted by Crippen LogP contribution is -2.10. The lowest BCUT2D eigenvalue weighted by molar-refractivity contribution is 0.199. The maximum Gasteiger partial charge on any atom is 0.119 e. The van der Waals surface area contributed by atoms with Gasteiger partial charge in [0.15, 0.2) is 0 Å². The SMILES string of the molecule is CC(O)c1ccc(OCCCC(C)(C)C#N)cc1. The number of aliphatic hydroxyl groups is 1. The first-order chi connectivity index (χ1) is 8.44. The van der Waals surface area contributed by atoms with Crippen molar-refractivity contribution in [2.45, 2.75) is 39.7 Å². The highest BCUT2D eigenvalue weighted by molar-refractivity contribution is 5.28. The van der Waals surface area contributed by atoms with Gasteiger partial charge in [-0.05, 0) is 51.3 Å². The number of aliphatic hydroxyl groups excluding tert-OH is 1. The fraction of sp³-hybridized carbons (Fsp3) is 0.533. The van der Waals surface area contributed by atoms with E-state index < -0.39 is 6.10 Å². The predicted molar refractivity (Wildman–Crippen MR) is 71.2 cm³/mol. The molecule has 0 aliphatic heterocycles. The van der Waals surface area contributed by atoms with Gasteiger partial charge >= 0.3 is 0 Å². The van der Waals surface area contributed by atoms with Crippen molar-refractivity contribution in [2.24, 2.45) is 5.41 Å². The van der Waals surface area contributed by atoms with Crippen LogP contribution in [0.3, 0.4) is 0 Å². The topological polar surface area (TPSA) is 53.2 Å². The van der Waals surface area contributed by atoms with Crippen LogP contribution in [0.4, 0.5) is 0 Å². The largest absolute Gasteiger partial charge is 0.494 e. The molecule has 1 N–H and O–H groups in total. The quantitative estimate of drug-likeness (QED) is 0.783. The molecule has 1 unspecified atom stereocenters. The zero-order valence-electron chi connectivity index (χ0n) is 11.3. The van der Waals surface area contributed by atoms with Crippen molar-refractivity contribution in [2.75, 3.05) is 6.61 Å². The third-order valence-electron chi connectivity index (χ3n) is 2.88. The van der Waals surface area contributed by atoms with Gasteiger partial charge in [-0.15, -0.1) is 0 Å². The average Bonchev–Trinajstić information content (AvgIpc) is 2.35. The Bertz CT molecular complexity index is 401. The van der Waals surface area contributed by atoms with E-state index in [1.54, 1.807) is 6.92 Å². The second-order valence-electron chi connectivity index (χ2n) is 5.19. The minimum absolute atomic E-state index is 0.278. The highest BCUT2D eigenvalue weighted by atomic mass is 16.5. The molecule has 18 heavy (non-hydrogen) atoms. The highest BCUT2D eigenvalue weighted by Crippen LogP contribution is 2.21. The number of hydrogen-bond acceptors (Lipinski definition) is 3. The number of ether oxygens (including phenoxy) is 1. The van der Waals surface area contributed by atoms with Gasteiger partial charge < -0.3 is 9.84 Å². The number of nitriles is 1. The summed E-state index contributed by atoms with van der Waals surface area (Å²) in [5.74, 6) is 0.800. The van der Waals surface area contributed by atoms with Gasteiger partial charge in [0.1, 0.15) is 5.75 Å². The van der Waals surface area contributed by atoms with Gasteiger partial charge in [0, 0.05) is 0 Å². The van der Waals surface area contributed by atoms with E-state index in [0.717, 1.165) is 24.2 Å². The normalized spacial score (nSPS) is 12.8. The Morgan fingerprint density at radius 3 is 2.44 bits per heavy atom. The van der Waals surface area contributed by atoms with Gasteiger partial charge in [-0.2, -0.15) is 5.26 Å². The first kappa shape index (κ1) is 14.5. The molecule has 0 heterocycles. The van der Waals surface area contributed by atoms with Crippen LogP contribution in [0.15, 0.2) is 24.3 Å². The molecule has 1 rings (SSSR count).